The van der Waals surface area contributed by atoms with E-state index in [1.165, 1.54) is 4.68 Å². The van der Waals surface area contributed by atoms with Crippen LogP contribution in [0.15, 0.2) is 60.9 Å². The summed E-state index contributed by atoms with van der Waals surface area (Å²) in [6.45, 7) is 8.26. The molecule has 0 atom stereocenters. The van der Waals surface area contributed by atoms with Crippen molar-refractivity contribution in [2.45, 2.75) is 46.7 Å². The van der Waals surface area contributed by atoms with Crippen LogP contribution in [0.25, 0.3) is 11.4 Å². The fraction of sp³-hybridized carbons (Fsp3) is 0.276. The Balaban J connectivity index is 1.45. The van der Waals surface area contributed by atoms with Gasteiger partial charge in [0.05, 0.1) is 12.2 Å². The van der Waals surface area contributed by atoms with Gasteiger partial charge < -0.3 is 20.1 Å². The molecule has 10 nitrogen and oxygen atoms in total. The second kappa shape index (κ2) is 10.2. The number of fused-ring (bicyclic) bond motifs is 1. The van der Waals surface area contributed by atoms with Crippen molar-refractivity contribution < 1.29 is 14.4 Å². The first kappa shape index (κ1) is 25.9. The normalized spacial score (nSPS) is 13.1. The van der Waals surface area contributed by atoms with Gasteiger partial charge in [0.2, 0.25) is 5.91 Å². The van der Waals surface area contributed by atoms with E-state index in [0.29, 0.717) is 36.5 Å². The maximum atomic E-state index is 13.8. The third kappa shape index (κ3) is 4.81. The Labute approximate surface area is 226 Å². The fourth-order valence-electron chi connectivity index (χ4n) is 4.97. The standard InChI is InChI=1S/C29H31N7O3/c1-18(2)35(20(4)37)17-25-31-14-16-33(25)21-9-11-22(12-10-21)34-15-13-24-26(28(30)38)32-36(27(24)29(34)39)23-7-5-19(3)6-8-23/h5-12,14,16,18H,13,15,17H2,1-4H3,(H2,30,38). The minimum atomic E-state index is -0.653. The lowest BCUT2D eigenvalue weighted by Gasteiger charge is -2.28. The van der Waals surface area contributed by atoms with Gasteiger partial charge in [0, 0.05) is 48.8 Å². The van der Waals surface area contributed by atoms with Crippen molar-refractivity contribution in [2.75, 3.05) is 11.4 Å². The smallest absolute Gasteiger partial charge is 0.277 e. The van der Waals surface area contributed by atoms with E-state index in [9.17, 15) is 14.4 Å². The van der Waals surface area contributed by atoms with Crippen LogP contribution in [0.5, 0.6) is 0 Å². The molecule has 39 heavy (non-hydrogen) atoms. The largest absolute Gasteiger partial charge is 0.364 e. The number of imidazole rings is 1. The number of nitrogens with two attached hydrogens (primary N) is 1. The molecular formula is C29H31N7O3. The van der Waals surface area contributed by atoms with Crippen molar-refractivity contribution in [2.24, 2.45) is 5.73 Å². The van der Waals surface area contributed by atoms with Crippen molar-refractivity contribution >= 4 is 23.4 Å². The molecule has 5 rings (SSSR count). The molecule has 10 heteroatoms. The number of primary amides is 1. The van der Waals surface area contributed by atoms with E-state index in [0.717, 1.165) is 22.8 Å². The molecule has 4 aromatic rings. The lowest BCUT2D eigenvalue weighted by Crippen LogP contribution is -2.39. The van der Waals surface area contributed by atoms with Gasteiger partial charge in [-0.1, -0.05) is 17.7 Å². The summed E-state index contributed by atoms with van der Waals surface area (Å²) in [5.41, 5.74) is 10.0. The first-order valence-corrected chi connectivity index (χ1v) is 12.9. The molecule has 0 saturated carbocycles. The summed E-state index contributed by atoms with van der Waals surface area (Å²) in [6.07, 6.45) is 4.02. The SMILES string of the molecule is CC(=O)N(Cc1nccn1-c1ccc(N2CCc3c(C(N)=O)nn(-c4ccc(C)cc4)c3C2=O)cc1)C(C)C. The number of amides is 3. The average Bonchev–Trinajstić information content (AvgIpc) is 3.53. The molecule has 1 aliphatic rings. The van der Waals surface area contributed by atoms with Crippen LogP contribution < -0.4 is 10.6 Å². The van der Waals surface area contributed by atoms with Crippen LogP contribution in [-0.2, 0) is 17.8 Å². The summed E-state index contributed by atoms with van der Waals surface area (Å²) in [5, 5.41) is 4.43. The number of hydrogen-bond acceptors (Lipinski definition) is 5. The summed E-state index contributed by atoms with van der Waals surface area (Å²) >= 11 is 0. The Morgan fingerprint density at radius 1 is 1.03 bits per heavy atom. The maximum Gasteiger partial charge on any atom is 0.277 e. The van der Waals surface area contributed by atoms with Gasteiger partial charge in [-0.2, -0.15) is 5.10 Å². The highest BCUT2D eigenvalue weighted by Gasteiger charge is 2.34. The number of aromatic nitrogens is 4. The van der Waals surface area contributed by atoms with Crippen LogP contribution in [0.4, 0.5) is 5.69 Å². The number of carbonyl (C=O) groups excluding carboxylic acids is 3. The molecule has 0 spiro atoms. The minimum Gasteiger partial charge on any atom is -0.364 e. The summed E-state index contributed by atoms with van der Waals surface area (Å²) in [4.78, 5) is 45.9. The summed E-state index contributed by atoms with van der Waals surface area (Å²) in [7, 11) is 0. The molecule has 2 N–H and O–H groups in total. The number of benzene rings is 2. The first-order chi connectivity index (χ1) is 18.7. The summed E-state index contributed by atoms with van der Waals surface area (Å²) in [6, 6.07) is 15.2. The second-order valence-corrected chi connectivity index (χ2v) is 9.96. The molecule has 200 valence electrons. The van der Waals surface area contributed by atoms with Crippen LogP contribution in [0, 0.1) is 6.92 Å². The van der Waals surface area contributed by atoms with E-state index in [2.05, 4.69) is 10.1 Å². The quantitative estimate of drug-likeness (QED) is 0.397. The zero-order valence-electron chi connectivity index (χ0n) is 22.5. The van der Waals surface area contributed by atoms with Gasteiger partial charge in [0.1, 0.15) is 11.5 Å². The van der Waals surface area contributed by atoms with Gasteiger partial charge in [-0.25, -0.2) is 9.67 Å². The lowest BCUT2D eigenvalue weighted by atomic mass is 10.0. The topological polar surface area (TPSA) is 119 Å². The molecule has 1 aliphatic heterocycles. The van der Waals surface area contributed by atoms with Gasteiger partial charge in [0.15, 0.2) is 5.69 Å². The number of aryl methyl sites for hydroxylation is 1. The molecular weight excluding hydrogens is 494 g/mol. The Morgan fingerprint density at radius 3 is 2.28 bits per heavy atom. The fourth-order valence-corrected chi connectivity index (χ4v) is 4.97. The summed E-state index contributed by atoms with van der Waals surface area (Å²) < 4.78 is 3.45. The highest BCUT2D eigenvalue weighted by Crippen LogP contribution is 2.29. The summed E-state index contributed by atoms with van der Waals surface area (Å²) in [5.74, 6) is -0.171. The number of carbonyl (C=O) groups is 3. The van der Waals surface area contributed by atoms with Gasteiger partial charge in [-0.3, -0.25) is 14.4 Å². The monoisotopic (exact) mass is 525 g/mol. The zero-order valence-corrected chi connectivity index (χ0v) is 22.5. The third-order valence-corrected chi connectivity index (χ3v) is 7.03. The molecule has 2 aromatic carbocycles. The molecule has 0 unspecified atom stereocenters. The minimum absolute atomic E-state index is 0.0118. The van der Waals surface area contributed by atoms with Crippen LogP contribution >= 0.6 is 0 Å². The number of nitrogens with zero attached hydrogens (tertiary/aromatic N) is 6. The van der Waals surface area contributed by atoms with E-state index in [1.807, 2.05) is 80.1 Å². The van der Waals surface area contributed by atoms with Crippen LogP contribution in [0.1, 0.15) is 58.7 Å². The Morgan fingerprint density at radius 2 is 1.67 bits per heavy atom. The van der Waals surface area contributed by atoms with E-state index in [-0.39, 0.29) is 23.6 Å². The molecule has 0 bridgehead atoms. The predicted molar refractivity (Wildman–Crippen MR) is 147 cm³/mol. The third-order valence-electron chi connectivity index (χ3n) is 7.03. The Kier molecular flexibility index (Phi) is 6.78. The molecule has 3 amide bonds. The van der Waals surface area contributed by atoms with Crippen molar-refractivity contribution in [3.63, 3.8) is 0 Å². The van der Waals surface area contributed by atoms with Gasteiger partial charge in [-0.05, 0) is 63.6 Å². The Hall–Kier alpha value is -4.73. The van der Waals surface area contributed by atoms with Crippen molar-refractivity contribution in [3.8, 4) is 11.4 Å². The van der Waals surface area contributed by atoms with Crippen LogP contribution in [0.3, 0.4) is 0 Å². The molecule has 2 aromatic heterocycles. The van der Waals surface area contributed by atoms with Gasteiger partial charge >= 0.3 is 0 Å². The molecule has 0 radical (unpaired) electrons. The predicted octanol–water partition coefficient (Wildman–Crippen LogP) is 3.43. The molecule has 0 aliphatic carbocycles. The van der Waals surface area contributed by atoms with Crippen molar-refractivity contribution in [3.05, 3.63) is 89.3 Å². The maximum absolute atomic E-state index is 13.8. The number of rotatable bonds is 7. The molecule has 3 heterocycles. The number of anilines is 1. The number of hydrogen-bond donors (Lipinski definition) is 1. The van der Waals surface area contributed by atoms with Crippen LogP contribution in [0.2, 0.25) is 0 Å². The van der Waals surface area contributed by atoms with Crippen molar-refractivity contribution in [1.82, 2.24) is 24.2 Å². The lowest BCUT2D eigenvalue weighted by molar-refractivity contribution is -0.131. The van der Waals surface area contributed by atoms with Gasteiger partial charge in [-0.15, -0.1) is 0 Å². The molecule has 0 saturated heterocycles. The zero-order chi connectivity index (χ0) is 27.8. The van der Waals surface area contributed by atoms with Gasteiger partial charge in [0.25, 0.3) is 11.8 Å². The highest BCUT2D eigenvalue weighted by molar-refractivity contribution is 6.09. The highest BCUT2D eigenvalue weighted by atomic mass is 16.2. The Bertz CT molecular complexity index is 1550. The van der Waals surface area contributed by atoms with E-state index in [4.69, 9.17) is 5.73 Å². The van der Waals surface area contributed by atoms with E-state index >= 15 is 0 Å². The van der Waals surface area contributed by atoms with Crippen LogP contribution in [-0.4, -0.2) is 54.5 Å². The second-order valence-electron chi connectivity index (χ2n) is 9.96. The first-order valence-electron chi connectivity index (χ1n) is 12.9. The average molecular weight is 526 g/mol. The van der Waals surface area contributed by atoms with E-state index in [1.54, 1.807) is 22.9 Å². The van der Waals surface area contributed by atoms with E-state index < -0.39 is 5.91 Å². The van der Waals surface area contributed by atoms with Crippen molar-refractivity contribution in [1.29, 1.82) is 0 Å². The molecule has 0 fully saturated rings.